The zero-order chi connectivity index (χ0) is 36.1. The van der Waals surface area contributed by atoms with Crippen molar-refractivity contribution in [3.8, 4) is 0 Å². The molecule has 1 fully saturated rings. The number of alkyl halides is 2. The summed E-state index contributed by atoms with van der Waals surface area (Å²) in [6, 6.07) is 33.9. The number of rotatable bonds is 17. The standard InChI is InChI=1S/C39H41F2NO9/c40-39(41,21-31(37(44)45)42-38(46)50-25-30-19-11-4-12-20-30)36-33(43)35(49-24-29-17-9-3-10-18-29)34(48-23-28-15-7-2-8-16-28)32(51-36)26-47-22-27-13-5-1-6-14-27/h1-20,31-36,43H,21-26H2,(H,42,46)(H,44,45)/t31-,32-,33-,34+,35-,36+/m1/s1. The Morgan fingerprint density at radius 3 is 1.65 bits per heavy atom. The number of hydrogen-bond acceptors (Lipinski definition) is 8. The molecule has 51 heavy (non-hydrogen) atoms. The average molecular weight is 706 g/mol. The number of nitrogens with one attached hydrogen (secondary N) is 1. The molecule has 12 heteroatoms. The van der Waals surface area contributed by atoms with E-state index in [1.54, 1.807) is 54.6 Å². The molecule has 10 nitrogen and oxygen atoms in total. The highest BCUT2D eigenvalue weighted by Gasteiger charge is 2.57. The number of hydrogen-bond donors (Lipinski definition) is 3. The molecule has 1 amide bonds. The third kappa shape index (κ3) is 11.1. The lowest BCUT2D eigenvalue weighted by molar-refractivity contribution is -0.301. The zero-order valence-corrected chi connectivity index (χ0v) is 27.8. The Hall–Kier alpha value is -4.72. The Balaban J connectivity index is 1.36. The minimum Gasteiger partial charge on any atom is -0.480 e. The molecule has 4 aromatic rings. The van der Waals surface area contributed by atoms with E-state index in [9.17, 15) is 19.8 Å². The van der Waals surface area contributed by atoms with Crippen molar-refractivity contribution < 1.29 is 52.3 Å². The number of carboxylic acid groups (broad SMARTS) is 1. The Labute approximate surface area is 294 Å². The van der Waals surface area contributed by atoms with Crippen LogP contribution in [0.1, 0.15) is 28.7 Å². The molecule has 5 rings (SSSR count). The van der Waals surface area contributed by atoms with E-state index < -0.39 is 61.0 Å². The fourth-order valence-electron chi connectivity index (χ4n) is 5.70. The van der Waals surface area contributed by atoms with Crippen molar-refractivity contribution in [3.63, 3.8) is 0 Å². The quantitative estimate of drug-likeness (QED) is 0.123. The molecule has 0 bridgehead atoms. The number of carbonyl (C=O) groups is 2. The Morgan fingerprint density at radius 1 is 0.706 bits per heavy atom. The Bertz CT molecular complexity index is 1630. The lowest BCUT2D eigenvalue weighted by Crippen LogP contribution is -2.65. The highest BCUT2D eigenvalue weighted by Crippen LogP contribution is 2.38. The molecule has 1 aliphatic heterocycles. The molecule has 1 heterocycles. The van der Waals surface area contributed by atoms with E-state index in [-0.39, 0.29) is 33.0 Å². The molecule has 270 valence electrons. The van der Waals surface area contributed by atoms with Gasteiger partial charge in [-0.05, 0) is 22.3 Å². The summed E-state index contributed by atoms with van der Waals surface area (Å²) >= 11 is 0. The number of carbonyl (C=O) groups excluding carboxylic acids is 1. The molecular formula is C39H41F2NO9. The monoisotopic (exact) mass is 705 g/mol. The molecule has 0 saturated carbocycles. The van der Waals surface area contributed by atoms with Crippen molar-refractivity contribution in [2.75, 3.05) is 6.61 Å². The van der Waals surface area contributed by atoms with Gasteiger partial charge >= 0.3 is 12.1 Å². The fourth-order valence-corrected chi connectivity index (χ4v) is 5.70. The van der Waals surface area contributed by atoms with Crippen molar-refractivity contribution in [3.05, 3.63) is 144 Å². The number of aliphatic hydroxyl groups is 1. The molecule has 6 atom stereocenters. The normalized spacial score (nSPS) is 21.0. The van der Waals surface area contributed by atoms with Gasteiger partial charge in [0.15, 0.2) is 0 Å². The molecular weight excluding hydrogens is 664 g/mol. The summed E-state index contributed by atoms with van der Waals surface area (Å²) in [7, 11) is 0. The van der Waals surface area contributed by atoms with E-state index in [1.807, 2.05) is 72.0 Å². The van der Waals surface area contributed by atoms with Crippen LogP contribution < -0.4 is 5.32 Å². The van der Waals surface area contributed by atoms with Crippen LogP contribution in [0, 0.1) is 0 Å². The predicted octanol–water partition coefficient (Wildman–Crippen LogP) is 5.91. The maximum Gasteiger partial charge on any atom is 0.408 e. The van der Waals surface area contributed by atoms with Gasteiger partial charge in [-0.3, -0.25) is 0 Å². The number of alkyl carbamates (subject to hydrolysis) is 1. The van der Waals surface area contributed by atoms with Crippen LogP contribution in [0.3, 0.4) is 0 Å². The molecule has 4 aromatic carbocycles. The lowest BCUT2D eigenvalue weighted by Gasteiger charge is -2.46. The van der Waals surface area contributed by atoms with Gasteiger partial charge in [0.05, 0.1) is 26.4 Å². The summed E-state index contributed by atoms with van der Waals surface area (Å²) in [5.41, 5.74) is 2.97. The van der Waals surface area contributed by atoms with Gasteiger partial charge in [-0.15, -0.1) is 0 Å². The first kappa shape index (κ1) is 37.5. The van der Waals surface area contributed by atoms with E-state index in [0.717, 1.165) is 16.7 Å². The fraction of sp³-hybridized carbons (Fsp3) is 0.333. The number of ether oxygens (including phenoxy) is 5. The van der Waals surface area contributed by atoms with Crippen LogP contribution in [-0.4, -0.2) is 71.4 Å². The van der Waals surface area contributed by atoms with Crippen molar-refractivity contribution >= 4 is 12.1 Å². The van der Waals surface area contributed by atoms with E-state index in [0.29, 0.717) is 5.56 Å². The number of carboxylic acids is 1. The van der Waals surface area contributed by atoms with Gasteiger partial charge in [0.25, 0.3) is 5.92 Å². The Kier molecular flexibility index (Phi) is 13.6. The van der Waals surface area contributed by atoms with Gasteiger partial charge in [-0.1, -0.05) is 121 Å². The number of halogens is 2. The maximum absolute atomic E-state index is 16.3. The van der Waals surface area contributed by atoms with Gasteiger partial charge < -0.3 is 39.2 Å². The van der Waals surface area contributed by atoms with Gasteiger partial charge in [0.1, 0.15) is 43.2 Å². The van der Waals surface area contributed by atoms with Crippen molar-refractivity contribution in [2.24, 2.45) is 0 Å². The second-order valence-corrected chi connectivity index (χ2v) is 12.2. The molecule has 0 spiro atoms. The van der Waals surface area contributed by atoms with Crippen LogP contribution in [0.2, 0.25) is 0 Å². The van der Waals surface area contributed by atoms with Crippen molar-refractivity contribution in [2.45, 2.75) is 75.3 Å². The summed E-state index contributed by atoms with van der Waals surface area (Å²) in [6.07, 6.45) is -10.5. The van der Waals surface area contributed by atoms with Gasteiger partial charge in [0.2, 0.25) is 0 Å². The number of aliphatic carboxylic acids is 1. The summed E-state index contributed by atoms with van der Waals surface area (Å²) in [5.74, 6) is -5.72. The second-order valence-electron chi connectivity index (χ2n) is 12.2. The maximum atomic E-state index is 16.3. The first-order valence-corrected chi connectivity index (χ1v) is 16.5. The van der Waals surface area contributed by atoms with E-state index in [1.165, 1.54) is 0 Å². The SMILES string of the molecule is O=C(N[C@H](CC(F)(F)[C@H]1O[C@H](COCc2ccccc2)[C@H](OCc2ccccc2)[C@H](OCc2ccccc2)[C@H]1O)C(=O)O)OCc1ccccc1. The first-order chi connectivity index (χ1) is 24.7. The highest BCUT2D eigenvalue weighted by atomic mass is 19.3. The van der Waals surface area contributed by atoms with Crippen LogP contribution in [-0.2, 0) is 54.9 Å². The van der Waals surface area contributed by atoms with Gasteiger partial charge in [-0.25, -0.2) is 18.4 Å². The molecule has 0 aliphatic carbocycles. The summed E-state index contributed by atoms with van der Waals surface area (Å²) in [5, 5.41) is 23.4. The summed E-state index contributed by atoms with van der Waals surface area (Å²) in [6.45, 7) is -0.267. The number of aliphatic hydroxyl groups excluding tert-OH is 1. The topological polar surface area (TPSA) is 133 Å². The smallest absolute Gasteiger partial charge is 0.408 e. The molecule has 3 N–H and O–H groups in total. The Morgan fingerprint density at radius 2 is 1.16 bits per heavy atom. The molecule has 1 saturated heterocycles. The first-order valence-electron chi connectivity index (χ1n) is 16.5. The lowest BCUT2D eigenvalue weighted by atomic mass is 9.89. The molecule has 0 radical (unpaired) electrons. The largest absolute Gasteiger partial charge is 0.480 e. The third-order valence-electron chi connectivity index (χ3n) is 8.32. The van der Waals surface area contributed by atoms with Crippen LogP contribution in [0.5, 0.6) is 0 Å². The van der Waals surface area contributed by atoms with Crippen LogP contribution in [0.25, 0.3) is 0 Å². The molecule has 1 aliphatic rings. The molecule has 0 aromatic heterocycles. The zero-order valence-electron chi connectivity index (χ0n) is 27.8. The van der Waals surface area contributed by atoms with Gasteiger partial charge in [-0.2, -0.15) is 0 Å². The van der Waals surface area contributed by atoms with E-state index >= 15 is 8.78 Å². The predicted molar refractivity (Wildman–Crippen MR) is 182 cm³/mol. The minimum absolute atomic E-state index is 0.0454. The molecule has 0 unspecified atom stereocenters. The summed E-state index contributed by atoms with van der Waals surface area (Å²) in [4.78, 5) is 24.6. The summed E-state index contributed by atoms with van der Waals surface area (Å²) < 4.78 is 61.8. The van der Waals surface area contributed by atoms with Crippen molar-refractivity contribution in [1.82, 2.24) is 5.32 Å². The minimum atomic E-state index is -3.99. The number of benzene rings is 4. The van der Waals surface area contributed by atoms with Crippen LogP contribution in [0.15, 0.2) is 121 Å². The van der Waals surface area contributed by atoms with Crippen LogP contribution >= 0.6 is 0 Å². The number of amides is 1. The van der Waals surface area contributed by atoms with E-state index in [4.69, 9.17) is 23.7 Å². The van der Waals surface area contributed by atoms with Crippen LogP contribution in [0.4, 0.5) is 13.6 Å². The highest BCUT2D eigenvalue weighted by molar-refractivity contribution is 5.80. The van der Waals surface area contributed by atoms with Crippen molar-refractivity contribution in [1.29, 1.82) is 0 Å². The van der Waals surface area contributed by atoms with E-state index in [2.05, 4.69) is 0 Å². The van der Waals surface area contributed by atoms with Gasteiger partial charge in [0, 0.05) is 6.42 Å². The second kappa shape index (κ2) is 18.5. The third-order valence-corrected chi connectivity index (χ3v) is 8.32. The average Bonchev–Trinajstić information content (AvgIpc) is 3.14.